The maximum Gasteiger partial charge on any atom is 0.335 e. The van der Waals surface area contributed by atoms with Gasteiger partial charge in [-0.3, -0.25) is 0 Å². The molecule has 1 aliphatic rings. The summed E-state index contributed by atoms with van der Waals surface area (Å²) >= 11 is 0. The zero-order valence-electron chi connectivity index (χ0n) is 12.8. The van der Waals surface area contributed by atoms with Crippen molar-refractivity contribution >= 4 is 16.7 Å². The van der Waals surface area contributed by atoms with E-state index in [-0.39, 0.29) is 5.56 Å². The van der Waals surface area contributed by atoms with Crippen LogP contribution in [-0.2, 0) is 0 Å². The number of carboxylic acids is 1. The quantitative estimate of drug-likeness (QED) is 0.921. The van der Waals surface area contributed by atoms with Gasteiger partial charge in [0.15, 0.2) is 0 Å². The Hall–Kier alpha value is -2.10. The van der Waals surface area contributed by atoms with Crippen molar-refractivity contribution in [3.05, 3.63) is 36.0 Å². The fraction of sp³-hybridized carbons (Fsp3) is 0.444. The number of hydrogen-bond acceptors (Lipinski definition) is 3. The van der Waals surface area contributed by atoms with Gasteiger partial charge in [-0.1, -0.05) is 19.8 Å². The van der Waals surface area contributed by atoms with E-state index in [4.69, 9.17) is 9.84 Å². The van der Waals surface area contributed by atoms with Crippen molar-refractivity contribution in [2.75, 3.05) is 6.61 Å². The number of benzene rings is 1. The summed E-state index contributed by atoms with van der Waals surface area (Å²) in [7, 11) is 0. The topological polar surface area (TPSA) is 59.4 Å². The Labute approximate surface area is 130 Å². The average molecular weight is 299 g/mol. The molecule has 0 atom stereocenters. The second-order valence-electron chi connectivity index (χ2n) is 6.29. The normalized spacial score (nSPS) is 21.7. The molecule has 2 aromatic rings. The van der Waals surface area contributed by atoms with Crippen LogP contribution >= 0.6 is 0 Å². The van der Waals surface area contributed by atoms with Crippen LogP contribution in [0.2, 0.25) is 0 Å². The predicted molar refractivity (Wildman–Crippen MR) is 85.3 cm³/mol. The van der Waals surface area contributed by atoms with Gasteiger partial charge >= 0.3 is 5.97 Å². The zero-order valence-corrected chi connectivity index (χ0v) is 12.8. The van der Waals surface area contributed by atoms with E-state index in [0.717, 1.165) is 16.7 Å². The summed E-state index contributed by atoms with van der Waals surface area (Å²) < 4.78 is 5.94. The SMILES string of the molecule is CC1CCC(COc2nccc3cc(C(=O)O)ccc23)CC1. The number of fused-ring (bicyclic) bond motifs is 1. The first-order valence-electron chi connectivity index (χ1n) is 7.88. The first kappa shape index (κ1) is 14.8. The monoisotopic (exact) mass is 299 g/mol. The third-order valence-corrected chi connectivity index (χ3v) is 4.57. The summed E-state index contributed by atoms with van der Waals surface area (Å²) in [5, 5.41) is 10.8. The number of rotatable bonds is 4. The van der Waals surface area contributed by atoms with E-state index in [2.05, 4.69) is 11.9 Å². The van der Waals surface area contributed by atoms with E-state index in [1.807, 2.05) is 6.07 Å². The molecule has 1 aromatic carbocycles. The van der Waals surface area contributed by atoms with Gasteiger partial charge in [-0.2, -0.15) is 0 Å². The van der Waals surface area contributed by atoms with E-state index < -0.39 is 5.97 Å². The molecule has 1 aliphatic carbocycles. The largest absolute Gasteiger partial charge is 0.478 e. The second kappa shape index (κ2) is 6.34. The van der Waals surface area contributed by atoms with Gasteiger partial charge in [0.25, 0.3) is 0 Å². The molecular weight excluding hydrogens is 278 g/mol. The molecule has 1 N–H and O–H groups in total. The molecule has 1 fully saturated rings. The van der Waals surface area contributed by atoms with Crippen molar-refractivity contribution < 1.29 is 14.6 Å². The molecule has 0 aliphatic heterocycles. The highest BCUT2D eigenvalue weighted by Gasteiger charge is 2.19. The molecule has 22 heavy (non-hydrogen) atoms. The molecule has 0 bridgehead atoms. The Morgan fingerprint density at radius 2 is 2.05 bits per heavy atom. The molecule has 0 spiro atoms. The molecule has 1 saturated carbocycles. The molecule has 1 aromatic heterocycles. The molecule has 0 unspecified atom stereocenters. The molecule has 3 rings (SSSR count). The predicted octanol–water partition coefficient (Wildman–Crippen LogP) is 4.14. The Bertz CT molecular complexity index is 675. The number of ether oxygens (including phenoxy) is 1. The first-order chi connectivity index (χ1) is 10.6. The maximum atomic E-state index is 11.0. The van der Waals surface area contributed by atoms with Gasteiger partial charge < -0.3 is 9.84 Å². The molecule has 1 heterocycles. The fourth-order valence-corrected chi connectivity index (χ4v) is 3.09. The van der Waals surface area contributed by atoms with Gasteiger partial charge in [0, 0.05) is 11.6 Å². The number of hydrogen-bond donors (Lipinski definition) is 1. The van der Waals surface area contributed by atoms with Gasteiger partial charge in [-0.15, -0.1) is 0 Å². The molecule has 0 saturated heterocycles. The molecule has 4 heteroatoms. The van der Waals surface area contributed by atoms with Crippen molar-refractivity contribution in [1.29, 1.82) is 0 Å². The van der Waals surface area contributed by atoms with Crippen molar-refractivity contribution in [2.45, 2.75) is 32.6 Å². The summed E-state index contributed by atoms with van der Waals surface area (Å²) in [5.74, 6) is 1.12. The minimum Gasteiger partial charge on any atom is -0.478 e. The number of aromatic carboxylic acids is 1. The lowest BCUT2D eigenvalue weighted by Crippen LogP contribution is -2.19. The number of carbonyl (C=O) groups is 1. The standard InChI is InChI=1S/C18H21NO3/c1-12-2-4-13(5-3-12)11-22-17-16-7-6-15(18(20)21)10-14(16)8-9-19-17/h6-10,12-13H,2-5,11H2,1H3,(H,20,21). The van der Waals surface area contributed by atoms with Crippen LogP contribution in [0, 0.1) is 11.8 Å². The van der Waals surface area contributed by atoms with Crippen molar-refractivity contribution in [3.63, 3.8) is 0 Å². The highest BCUT2D eigenvalue weighted by Crippen LogP contribution is 2.30. The van der Waals surface area contributed by atoms with Gasteiger partial charge in [-0.05, 0) is 54.3 Å². The van der Waals surface area contributed by atoms with E-state index in [9.17, 15) is 4.79 Å². The van der Waals surface area contributed by atoms with Crippen molar-refractivity contribution in [3.8, 4) is 5.88 Å². The third kappa shape index (κ3) is 3.21. The van der Waals surface area contributed by atoms with Crippen molar-refractivity contribution in [1.82, 2.24) is 4.98 Å². The number of pyridine rings is 1. The summed E-state index contributed by atoms with van der Waals surface area (Å²) in [5.41, 5.74) is 0.283. The van der Waals surface area contributed by atoms with E-state index in [0.29, 0.717) is 18.4 Å². The molecule has 0 amide bonds. The first-order valence-corrected chi connectivity index (χ1v) is 7.88. The molecular formula is C18H21NO3. The van der Waals surface area contributed by atoms with Crippen LogP contribution in [0.4, 0.5) is 0 Å². The lowest BCUT2D eigenvalue weighted by Gasteiger charge is -2.25. The van der Waals surface area contributed by atoms with Crippen LogP contribution in [0.5, 0.6) is 5.88 Å². The molecule has 0 radical (unpaired) electrons. The summed E-state index contributed by atoms with van der Waals surface area (Å²) in [6.07, 6.45) is 6.66. The number of carboxylic acid groups (broad SMARTS) is 1. The number of aromatic nitrogens is 1. The van der Waals surface area contributed by atoms with E-state index >= 15 is 0 Å². The smallest absolute Gasteiger partial charge is 0.335 e. The Morgan fingerprint density at radius 1 is 1.27 bits per heavy atom. The fourth-order valence-electron chi connectivity index (χ4n) is 3.09. The highest BCUT2D eigenvalue weighted by atomic mass is 16.5. The Morgan fingerprint density at radius 3 is 2.77 bits per heavy atom. The van der Waals surface area contributed by atoms with Gasteiger partial charge in [0.1, 0.15) is 0 Å². The van der Waals surface area contributed by atoms with Crippen LogP contribution in [0.3, 0.4) is 0 Å². The van der Waals surface area contributed by atoms with Crippen LogP contribution in [0.15, 0.2) is 30.5 Å². The summed E-state index contributed by atoms with van der Waals surface area (Å²) in [6.45, 7) is 3.00. The maximum absolute atomic E-state index is 11.0. The third-order valence-electron chi connectivity index (χ3n) is 4.57. The minimum atomic E-state index is -0.919. The summed E-state index contributed by atoms with van der Waals surface area (Å²) in [4.78, 5) is 15.4. The molecule has 4 nitrogen and oxygen atoms in total. The number of nitrogens with zero attached hydrogens (tertiary/aromatic N) is 1. The van der Waals surface area contributed by atoms with Crippen LogP contribution in [-0.4, -0.2) is 22.7 Å². The molecule has 116 valence electrons. The average Bonchev–Trinajstić information content (AvgIpc) is 2.53. The highest BCUT2D eigenvalue weighted by molar-refractivity contribution is 5.95. The lowest BCUT2D eigenvalue weighted by molar-refractivity contribution is 0.0697. The van der Waals surface area contributed by atoms with Crippen molar-refractivity contribution in [2.24, 2.45) is 11.8 Å². The zero-order chi connectivity index (χ0) is 15.5. The van der Waals surface area contributed by atoms with Gasteiger partial charge in [-0.25, -0.2) is 9.78 Å². The van der Waals surface area contributed by atoms with E-state index in [1.165, 1.54) is 25.7 Å². The van der Waals surface area contributed by atoms with Gasteiger partial charge in [0.05, 0.1) is 12.2 Å². The van der Waals surface area contributed by atoms with Crippen LogP contribution in [0.25, 0.3) is 10.8 Å². The van der Waals surface area contributed by atoms with E-state index in [1.54, 1.807) is 24.4 Å². The Balaban J connectivity index is 1.75. The lowest BCUT2D eigenvalue weighted by atomic mass is 9.83. The Kier molecular flexibility index (Phi) is 4.27. The van der Waals surface area contributed by atoms with Gasteiger partial charge in [0.2, 0.25) is 5.88 Å². The van der Waals surface area contributed by atoms with Crippen LogP contribution in [0.1, 0.15) is 43.0 Å². The summed E-state index contributed by atoms with van der Waals surface area (Å²) in [6, 6.07) is 6.86. The van der Waals surface area contributed by atoms with Crippen LogP contribution < -0.4 is 4.74 Å². The minimum absolute atomic E-state index is 0.283. The second-order valence-corrected chi connectivity index (χ2v) is 6.29.